The zero-order chi connectivity index (χ0) is 19.5. The molecule has 0 aliphatic heterocycles. The lowest BCUT2D eigenvalue weighted by Gasteiger charge is -2.21. The highest BCUT2D eigenvalue weighted by Crippen LogP contribution is 2.39. The Hall–Kier alpha value is -1.95. The molecule has 6 heteroatoms. The van der Waals surface area contributed by atoms with Crippen molar-refractivity contribution < 1.29 is 24.1 Å². The number of hydrogen-bond donors (Lipinski definition) is 2. The van der Waals surface area contributed by atoms with Crippen LogP contribution in [-0.2, 0) is 11.2 Å². The number of hydrogen-bond acceptors (Lipinski definition) is 5. The summed E-state index contributed by atoms with van der Waals surface area (Å²) >= 11 is 0. The molecule has 0 saturated carbocycles. The molecule has 0 fully saturated rings. The van der Waals surface area contributed by atoms with Crippen LogP contribution >= 0.6 is 0 Å². The van der Waals surface area contributed by atoms with Crippen molar-refractivity contribution in [2.24, 2.45) is 17.6 Å². The standard InChI is InChI=1S/C20H33NO5/c1-5-24-17-10-11-18(25-6-2)19(26-7-3)16(17)9-8-14(4)12-15(13-21)20(22)23/h10-11,14-15H,5-9,12-13,21H2,1-4H3,(H,22,23). The molecule has 0 heterocycles. The minimum absolute atomic E-state index is 0.161. The summed E-state index contributed by atoms with van der Waals surface area (Å²) in [6.07, 6.45) is 2.11. The molecule has 2 unspecified atom stereocenters. The van der Waals surface area contributed by atoms with E-state index in [1.165, 1.54) is 0 Å². The fourth-order valence-electron chi connectivity index (χ4n) is 2.98. The second-order valence-corrected chi connectivity index (χ2v) is 6.32. The van der Waals surface area contributed by atoms with Crippen molar-refractivity contribution in [2.45, 2.75) is 47.0 Å². The number of carboxylic acid groups (broad SMARTS) is 1. The summed E-state index contributed by atoms with van der Waals surface area (Å²) in [6, 6.07) is 3.79. The second kappa shape index (κ2) is 11.6. The van der Waals surface area contributed by atoms with Crippen molar-refractivity contribution in [1.82, 2.24) is 0 Å². The number of benzene rings is 1. The Balaban J connectivity index is 2.99. The number of ether oxygens (including phenoxy) is 3. The Morgan fingerprint density at radius 1 is 1.08 bits per heavy atom. The van der Waals surface area contributed by atoms with Crippen LogP contribution in [0.2, 0.25) is 0 Å². The van der Waals surface area contributed by atoms with E-state index in [2.05, 4.69) is 6.92 Å². The number of aliphatic carboxylic acids is 1. The van der Waals surface area contributed by atoms with Crippen LogP contribution in [-0.4, -0.2) is 37.4 Å². The van der Waals surface area contributed by atoms with E-state index in [0.29, 0.717) is 32.0 Å². The van der Waals surface area contributed by atoms with E-state index in [9.17, 15) is 9.90 Å². The maximum atomic E-state index is 11.2. The van der Waals surface area contributed by atoms with Crippen LogP contribution in [0.5, 0.6) is 17.2 Å². The Bertz CT molecular complexity index is 561. The molecule has 148 valence electrons. The summed E-state index contributed by atoms with van der Waals surface area (Å²) in [7, 11) is 0. The molecule has 1 rings (SSSR count). The van der Waals surface area contributed by atoms with Gasteiger partial charge < -0.3 is 25.1 Å². The lowest BCUT2D eigenvalue weighted by atomic mass is 9.90. The van der Waals surface area contributed by atoms with Crippen LogP contribution in [0.25, 0.3) is 0 Å². The minimum Gasteiger partial charge on any atom is -0.493 e. The van der Waals surface area contributed by atoms with Crippen molar-refractivity contribution in [3.8, 4) is 17.2 Å². The van der Waals surface area contributed by atoms with Crippen LogP contribution < -0.4 is 19.9 Å². The minimum atomic E-state index is -0.831. The molecule has 0 aromatic heterocycles. The molecule has 1 aromatic rings. The highest BCUT2D eigenvalue weighted by atomic mass is 16.5. The van der Waals surface area contributed by atoms with Gasteiger partial charge in [-0.05, 0) is 58.1 Å². The van der Waals surface area contributed by atoms with Gasteiger partial charge in [0.25, 0.3) is 0 Å². The number of carbonyl (C=O) groups is 1. The number of carboxylic acids is 1. The van der Waals surface area contributed by atoms with Crippen LogP contribution in [0.4, 0.5) is 0 Å². The van der Waals surface area contributed by atoms with Crippen LogP contribution in [0.15, 0.2) is 12.1 Å². The third kappa shape index (κ3) is 6.41. The lowest BCUT2D eigenvalue weighted by molar-refractivity contribution is -0.141. The third-order valence-corrected chi connectivity index (χ3v) is 4.28. The van der Waals surface area contributed by atoms with Crippen molar-refractivity contribution in [3.05, 3.63) is 17.7 Å². The molecule has 0 aliphatic rings. The van der Waals surface area contributed by atoms with Gasteiger partial charge in [0.2, 0.25) is 0 Å². The van der Waals surface area contributed by atoms with Crippen LogP contribution in [0.3, 0.4) is 0 Å². The molecule has 0 amide bonds. The first-order chi connectivity index (χ1) is 12.5. The Labute approximate surface area is 156 Å². The first-order valence-corrected chi connectivity index (χ1v) is 9.45. The Kier molecular flexibility index (Phi) is 9.88. The number of rotatable bonds is 13. The van der Waals surface area contributed by atoms with E-state index < -0.39 is 11.9 Å². The molecule has 0 radical (unpaired) electrons. The molecule has 6 nitrogen and oxygen atoms in total. The van der Waals surface area contributed by atoms with Gasteiger partial charge in [-0.3, -0.25) is 4.79 Å². The molecule has 0 saturated heterocycles. The van der Waals surface area contributed by atoms with Gasteiger partial charge in [0.1, 0.15) is 5.75 Å². The normalized spacial score (nSPS) is 13.1. The Morgan fingerprint density at radius 3 is 2.19 bits per heavy atom. The average Bonchev–Trinajstić information content (AvgIpc) is 2.61. The zero-order valence-corrected chi connectivity index (χ0v) is 16.4. The Morgan fingerprint density at radius 2 is 1.65 bits per heavy atom. The van der Waals surface area contributed by atoms with Gasteiger partial charge >= 0.3 is 5.97 Å². The van der Waals surface area contributed by atoms with E-state index in [4.69, 9.17) is 19.9 Å². The predicted molar refractivity (Wildman–Crippen MR) is 102 cm³/mol. The molecule has 1 aromatic carbocycles. The summed E-state index contributed by atoms with van der Waals surface area (Å²) in [4.78, 5) is 11.2. The molecular weight excluding hydrogens is 334 g/mol. The van der Waals surface area contributed by atoms with E-state index in [-0.39, 0.29) is 12.5 Å². The molecule has 3 N–H and O–H groups in total. The van der Waals surface area contributed by atoms with Crippen molar-refractivity contribution in [3.63, 3.8) is 0 Å². The van der Waals surface area contributed by atoms with Gasteiger partial charge in [0.15, 0.2) is 11.5 Å². The van der Waals surface area contributed by atoms with Gasteiger partial charge in [-0.2, -0.15) is 0 Å². The van der Waals surface area contributed by atoms with Crippen LogP contribution in [0, 0.1) is 11.8 Å². The lowest BCUT2D eigenvalue weighted by Crippen LogP contribution is -2.25. The SMILES string of the molecule is CCOc1ccc(OCC)c(OCC)c1CCC(C)CC(CN)C(=O)O. The maximum absolute atomic E-state index is 11.2. The van der Waals surface area contributed by atoms with Crippen LogP contribution in [0.1, 0.15) is 46.1 Å². The molecule has 26 heavy (non-hydrogen) atoms. The molecule has 0 bridgehead atoms. The van der Waals surface area contributed by atoms with E-state index in [0.717, 1.165) is 29.9 Å². The highest BCUT2D eigenvalue weighted by Gasteiger charge is 2.21. The quantitative estimate of drug-likeness (QED) is 0.554. The maximum Gasteiger partial charge on any atom is 0.307 e. The second-order valence-electron chi connectivity index (χ2n) is 6.32. The van der Waals surface area contributed by atoms with Gasteiger partial charge in [-0.15, -0.1) is 0 Å². The van der Waals surface area contributed by atoms with E-state index >= 15 is 0 Å². The van der Waals surface area contributed by atoms with Crippen molar-refractivity contribution in [2.75, 3.05) is 26.4 Å². The highest BCUT2D eigenvalue weighted by molar-refractivity contribution is 5.70. The smallest absolute Gasteiger partial charge is 0.307 e. The summed E-state index contributed by atoms with van der Waals surface area (Å²) < 4.78 is 17.4. The molecule has 0 aliphatic carbocycles. The summed E-state index contributed by atoms with van der Waals surface area (Å²) in [5.41, 5.74) is 6.55. The molecule has 0 spiro atoms. The fourth-order valence-corrected chi connectivity index (χ4v) is 2.98. The van der Waals surface area contributed by atoms with Gasteiger partial charge in [-0.25, -0.2) is 0 Å². The monoisotopic (exact) mass is 367 g/mol. The predicted octanol–water partition coefficient (Wildman–Crippen LogP) is 3.50. The zero-order valence-electron chi connectivity index (χ0n) is 16.4. The van der Waals surface area contributed by atoms with Crippen molar-refractivity contribution >= 4 is 5.97 Å². The van der Waals surface area contributed by atoms with Gasteiger partial charge in [0, 0.05) is 12.1 Å². The summed E-state index contributed by atoms with van der Waals surface area (Å²) in [5, 5.41) is 9.19. The first-order valence-electron chi connectivity index (χ1n) is 9.45. The van der Waals surface area contributed by atoms with Gasteiger partial charge in [-0.1, -0.05) is 6.92 Å². The third-order valence-electron chi connectivity index (χ3n) is 4.28. The first kappa shape index (κ1) is 22.1. The molecule has 2 atom stereocenters. The van der Waals surface area contributed by atoms with E-state index in [1.54, 1.807) is 0 Å². The van der Waals surface area contributed by atoms with Crippen molar-refractivity contribution in [1.29, 1.82) is 0 Å². The summed E-state index contributed by atoms with van der Waals surface area (Å²) in [6.45, 7) is 9.69. The summed E-state index contributed by atoms with van der Waals surface area (Å²) in [5.74, 6) is 1.12. The number of nitrogens with two attached hydrogens (primary N) is 1. The fraction of sp³-hybridized carbons (Fsp3) is 0.650. The average molecular weight is 367 g/mol. The van der Waals surface area contributed by atoms with Gasteiger partial charge in [0.05, 0.1) is 25.7 Å². The topological polar surface area (TPSA) is 91.0 Å². The van der Waals surface area contributed by atoms with E-state index in [1.807, 2.05) is 32.9 Å². The molecular formula is C20H33NO5. The largest absolute Gasteiger partial charge is 0.493 e.